The largest absolute Gasteiger partial charge is 0.322 e. The molecule has 3 aromatic rings. The predicted octanol–water partition coefficient (Wildman–Crippen LogP) is 4.84. The quantitative estimate of drug-likeness (QED) is 0.648. The third-order valence-electron chi connectivity index (χ3n) is 4.00. The van der Waals surface area contributed by atoms with Gasteiger partial charge in [-0.15, -0.1) is 0 Å². The second kappa shape index (κ2) is 6.48. The van der Waals surface area contributed by atoms with E-state index in [2.05, 4.69) is 47.0 Å². The lowest BCUT2D eigenvalue weighted by Gasteiger charge is -2.21. The first-order chi connectivity index (χ1) is 11.7. The van der Waals surface area contributed by atoms with E-state index in [1.807, 2.05) is 24.3 Å². The molecule has 1 aromatic heterocycles. The summed E-state index contributed by atoms with van der Waals surface area (Å²) in [7, 11) is 0. The van der Waals surface area contributed by atoms with Crippen LogP contribution in [-0.4, -0.2) is 10.9 Å². The fourth-order valence-electron chi connectivity index (χ4n) is 2.79. The van der Waals surface area contributed by atoms with Crippen LogP contribution in [-0.2, 0) is 5.41 Å². The summed E-state index contributed by atoms with van der Waals surface area (Å²) < 4.78 is 0.845. The summed E-state index contributed by atoms with van der Waals surface area (Å²) in [6, 6.07) is 14.4. The molecule has 1 amide bonds. The molecule has 128 valence electrons. The van der Waals surface area contributed by atoms with Crippen LogP contribution in [0.25, 0.3) is 10.9 Å². The highest BCUT2D eigenvalue weighted by Gasteiger charge is 2.18. The lowest BCUT2D eigenvalue weighted by atomic mass is 9.85. The number of benzene rings is 2. The fourth-order valence-corrected chi connectivity index (χ4v) is 3.19. The second-order valence-corrected chi connectivity index (χ2v) is 7.94. The van der Waals surface area contributed by atoms with Crippen LogP contribution < -0.4 is 10.9 Å². The Labute approximate surface area is 154 Å². The maximum Gasteiger partial charge on any atom is 0.255 e. The second-order valence-electron chi connectivity index (χ2n) is 7.02. The van der Waals surface area contributed by atoms with E-state index in [0.29, 0.717) is 16.8 Å². The number of hydrogen-bond donors (Lipinski definition) is 2. The molecule has 4 nitrogen and oxygen atoms in total. The van der Waals surface area contributed by atoms with E-state index in [-0.39, 0.29) is 16.9 Å². The maximum atomic E-state index is 12.4. The van der Waals surface area contributed by atoms with Crippen LogP contribution in [0.5, 0.6) is 0 Å². The molecule has 0 aliphatic heterocycles. The number of rotatable bonds is 2. The number of fused-ring (bicyclic) bond motifs is 1. The Morgan fingerprint density at radius 1 is 1.08 bits per heavy atom. The van der Waals surface area contributed by atoms with Crippen LogP contribution in [0.2, 0.25) is 0 Å². The molecule has 0 aliphatic carbocycles. The molecular formula is C20H19BrN2O2. The fraction of sp³-hybridized carbons (Fsp3) is 0.200. The Hall–Kier alpha value is -2.40. The molecule has 0 fully saturated rings. The van der Waals surface area contributed by atoms with Gasteiger partial charge in [0.2, 0.25) is 5.56 Å². The Kier molecular flexibility index (Phi) is 4.52. The summed E-state index contributed by atoms with van der Waals surface area (Å²) in [5, 5.41) is 3.85. The van der Waals surface area contributed by atoms with E-state index in [1.54, 1.807) is 24.3 Å². The number of nitrogens with one attached hydrogen (secondary N) is 2. The van der Waals surface area contributed by atoms with Gasteiger partial charge in [0.15, 0.2) is 0 Å². The average Bonchev–Trinajstić information content (AvgIpc) is 2.52. The number of pyridine rings is 1. The highest BCUT2D eigenvalue weighted by Crippen LogP contribution is 2.29. The third kappa shape index (κ3) is 3.82. The Morgan fingerprint density at radius 2 is 1.84 bits per heavy atom. The molecule has 2 N–H and O–H groups in total. The van der Waals surface area contributed by atoms with Gasteiger partial charge in [-0.1, -0.05) is 48.8 Å². The van der Waals surface area contributed by atoms with Gasteiger partial charge in [0.25, 0.3) is 5.91 Å². The molecule has 0 unspecified atom stereocenters. The first-order valence-electron chi connectivity index (χ1n) is 7.98. The monoisotopic (exact) mass is 398 g/mol. The van der Waals surface area contributed by atoms with Crippen molar-refractivity contribution in [3.63, 3.8) is 0 Å². The smallest absolute Gasteiger partial charge is 0.255 e. The van der Waals surface area contributed by atoms with E-state index in [9.17, 15) is 9.59 Å². The van der Waals surface area contributed by atoms with Crippen molar-refractivity contribution in [1.82, 2.24) is 4.98 Å². The zero-order chi connectivity index (χ0) is 18.2. The van der Waals surface area contributed by atoms with Crippen LogP contribution in [0.1, 0.15) is 36.7 Å². The van der Waals surface area contributed by atoms with Crippen molar-refractivity contribution >= 4 is 38.4 Å². The van der Waals surface area contributed by atoms with Gasteiger partial charge >= 0.3 is 0 Å². The van der Waals surface area contributed by atoms with Crippen molar-refractivity contribution in [2.45, 2.75) is 26.2 Å². The van der Waals surface area contributed by atoms with Crippen LogP contribution in [0.4, 0.5) is 5.69 Å². The topological polar surface area (TPSA) is 62.0 Å². The first-order valence-corrected chi connectivity index (χ1v) is 8.78. The molecule has 0 saturated carbocycles. The predicted molar refractivity (Wildman–Crippen MR) is 105 cm³/mol. The van der Waals surface area contributed by atoms with Crippen LogP contribution >= 0.6 is 15.9 Å². The molecule has 0 atom stereocenters. The van der Waals surface area contributed by atoms with Gasteiger partial charge in [-0.3, -0.25) is 9.59 Å². The molecule has 3 rings (SSSR count). The lowest BCUT2D eigenvalue weighted by Crippen LogP contribution is -2.17. The number of amides is 1. The van der Waals surface area contributed by atoms with E-state index in [1.165, 1.54) is 0 Å². The van der Waals surface area contributed by atoms with Crippen molar-refractivity contribution in [2.75, 3.05) is 5.32 Å². The molecule has 1 heterocycles. The Bertz CT molecular complexity index is 1020. The Morgan fingerprint density at radius 3 is 2.52 bits per heavy atom. The summed E-state index contributed by atoms with van der Waals surface area (Å²) in [6.45, 7) is 6.22. The van der Waals surface area contributed by atoms with Gasteiger partial charge in [-0.05, 0) is 41.3 Å². The summed E-state index contributed by atoms with van der Waals surface area (Å²) in [4.78, 5) is 27.2. The lowest BCUT2D eigenvalue weighted by molar-refractivity contribution is 0.102. The first kappa shape index (κ1) is 17.4. The van der Waals surface area contributed by atoms with Crippen LogP contribution in [0.3, 0.4) is 0 Å². The summed E-state index contributed by atoms with van der Waals surface area (Å²) in [5.41, 5.74) is 2.60. The highest BCUT2D eigenvalue weighted by atomic mass is 79.9. The SMILES string of the molecule is CC(C)(C)c1cc(=O)[nH]c2cc(NC(=O)c3cccc(Br)c3)ccc12. The number of H-pyrrole nitrogens is 1. The minimum absolute atomic E-state index is 0.145. The highest BCUT2D eigenvalue weighted by molar-refractivity contribution is 9.10. The summed E-state index contributed by atoms with van der Waals surface area (Å²) in [5.74, 6) is -0.199. The number of anilines is 1. The van der Waals surface area contributed by atoms with Gasteiger partial charge in [0.1, 0.15) is 0 Å². The third-order valence-corrected chi connectivity index (χ3v) is 4.49. The molecule has 25 heavy (non-hydrogen) atoms. The number of carbonyl (C=O) groups excluding carboxylic acids is 1. The van der Waals surface area contributed by atoms with E-state index in [4.69, 9.17) is 0 Å². The molecule has 0 saturated heterocycles. The van der Waals surface area contributed by atoms with E-state index < -0.39 is 0 Å². The zero-order valence-electron chi connectivity index (χ0n) is 14.3. The zero-order valence-corrected chi connectivity index (χ0v) is 15.9. The number of halogens is 1. The minimum atomic E-state index is -0.199. The molecule has 5 heteroatoms. The van der Waals surface area contributed by atoms with Crippen LogP contribution in [0, 0.1) is 0 Å². The van der Waals surface area contributed by atoms with Gasteiger partial charge in [0, 0.05) is 27.2 Å². The Balaban J connectivity index is 1.99. The van der Waals surface area contributed by atoms with Gasteiger partial charge < -0.3 is 10.3 Å². The molecular weight excluding hydrogens is 380 g/mol. The van der Waals surface area contributed by atoms with E-state index in [0.717, 1.165) is 15.4 Å². The molecule has 0 radical (unpaired) electrons. The number of aromatic nitrogens is 1. The van der Waals surface area contributed by atoms with Crippen molar-refractivity contribution in [3.05, 3.63) is 74.5 Å². The van der Waals surface area contributed by atoms with Crippen molar-refractivity contribution in [3.8, 4) is 0 Å². The summed E-state index contributed by atoms with van der Waals surface area (Å²) in [6.07, 6.45) is 0. The average molecular weight is 399 g/mol. The normalized spacial score (nSPS) is 11.5. The van der Waals surface area contributed by atoms with Crippen molar-refractivity contribution < 1.29 is 4.79 Å². The summed E-state index contributed by atoms with van der Waals surface area (Å²) >= 11 is 3.36. The van der Waals surface area contributed by atoms with Crippen molar-refractivity contribution in [1.29, 1.82) is 0 Å². The van der Waals surface area contributed by atoms with Gasteiger partial charge in [-0.2, -0.15) is 0 Å². The van der Waals surface area contributed by atoms with Gasteiger partial charge in [0.05, 0.1) is 5.52 Å². The van der Waals surface area contributed by atoms with E-state index >= 15 is 0 Å². The maximum absolute atomic E-state index is 12.4. The minimum Gasteiger partial charge on any atom is -0.322 e. The molecule has 0 bridgehead atoms. The van der Waals surface area contributed by atoms with Crippen molar-refractivity contribution in [2.24, 2.45) is 0 Å². The standard InChI is InChI=1S/C20H19BrN2O2/c1-20(2,3)16-11-18(24)23-17-10-14(7-8-15(16)17)22-19(25)12-5-4-6-13(21)9-12/h4-11H,1-3H3,(H,22,25)(H,23,24). The van der Waals surface area contributed by atoms with Gasteiger partial charge in [-0.25, -0.2) is 0 Å². The molecule has 2 aromatic carbocycles. The molecule has 0 aliphatic rings. The number of carbonyl (C=O) groups is 1. The number of hydrogen-bond acceptors (Lipinski definition) is 2. The van der Waals surface area contributed by atoms with Crippen LogP contribution in [0.15, 0.2) is 57.8 Å². The number of aromatic amines is 1. The molecule has 0 spiro atoms.